The Morgan fingerprint density at radius 2 is 2.00 bits per heavy atom. The molecule has 0 radical (unpaired) electrons. The minimum atomic E-state index is -0.0744. The van der Waals surface area contributed by atoms with Crippen molar-refractivity contribution in [2.24, 2.45) is 0 Å². The third-order valence-corrected chi connectivity index (χ3v) is 3.87. The third kappa shape index (κ3) is 2.74. The van der Waals surface area contributed by atoms with Gasteiger partial charge in [0.05, 0.1) is 11.1 Å². The maximum atomic E-state index is 12.2. The standard InChI is InChI=1S/C16H18N2O2/c19-14-6-7-15-11(9-14)8-12(10-17-15)16(20)18-13-4-2-1-3-5-13/h6-10,13,19H,1-5H2,(H,18,20). The number of aromatic hydroxyl groups is 1. The lowest BCUT2D eigenvalue weighted by Crippen LogP contribution is -2.36. The van der Waals surface area contributed by atoms with Crippen LogP contribution in [0.25, 0.3) is 10.9 Å². The molecule has 1 saturated carbocycles. The van der Waals surface area contributed by atoms with Crippen LogP contribution in [0.5, 0.6) is 5.75 Å². The van der Waals surface area contributed by atoms with Crippen LogP contribution in [0.2, 0.25) is 0 Å². The minimum absolute atomic E-state index is 0.0744. The molecule has 1 aromatic carbocycles. The zero-order chi connectivity index (χ0) is 13.9. The topological polar surface area (TPSA) is 62.2 Å². The summed E-state index contributed by atoms with van der Waals surface area (Å²) in [6.07, 6.45) is 7.37. The number of carbonyl (C=O) groups excluding carboxylic acids is 1. The lowest BCUT2D eigenvalue weighted by molar-refractivity contribution is 0.0927. The van der Waals surface area contributed by atoms with Gasteiger partial charge in [-0.2, -0.15) is 0 Å². The highest BCUT2D eigenvalue weighted by atomic mass is 16.3. The number of nitrogens with one attached hydrogen (secondary N) is 1. The first kappa shape index (κ1) is 12.9. The van der Waals surface area contributed by atoms with Gasteiger partial charge < -0.3 is 10.4 Å². The molecule has 20 heavy (non-hydrogen) atoms. The number of benzene rings is 1. The quantitative estimate of drug-likeness (QED) is 0.881. The van der Waals surface area contributed by atoms with E-state index >= 15 is 0 Å². The molecule has 0 saturated heterocycles. The number of pyridine rings is 1. The molecule has 2 aromatic rings. The molecule has 3 rings (SSSR count). The van der Waals surface area contributed by atoms with Gasteiger partial charge in [-0.1, -0.05) is 19.3 Å². The van der Waals surface area contributed by atoms with Crippen molar-refractivity contribution in [2.75, 3.05) is 0 Å². The summed E-state index contributed by atoms with van der Waals surface area (Å²) < 4.78 is 0. The average Bonchev–Trinajstić information content (AvgIpc) is 2.47. The highest BCUT2D eigenvalue weighted by molar-refractivity contribution is 5.97. The Labute approximate surface area is 117 Å². The number of nitrogens with zero attached hydrogens (tertiary/aromatic N) is 1. The van der Waals surface area contributed by atoms with E-state index in [1.54, 1.807) is 30.5 Å². The number of phenolic OH excluding ortho intramolecular Hbond substituents is 1. The second-order valence-corrected chi connectivity index (χ2v) is 5.41. The lowest BCUT2D eigenvalue weighted by atomic mass is 9.95. The Morgan fingerprint density at radius 1 is 1.20 bits per heavy atom. The molecular weight excluding hydrogens is 252 g/mol. The van der Waals surface area contributed by atoms with Crippen molar-refractivity contribution in [2.45, 2.75) is 38.1 Å². The number of hydrogen-bond acceptors (Lipinski definition) is 3. The summed E-state index contributed by atoms with van der Waals surface area (Å²) >= 11 is 0. The van der Waals surface area contributed by atoms with Crippen LogP contribution < -0.4 is 5.32 Å². The van der Waals surface area contributed by atoms with Gasteiger partial charge in [0, 0.05) is 17.6 Å². The molecule has 2 N–H and O–H groups in total. The molecule has 1 aliphatic carbocycles. The molecule has 0 atom stereocenters. The fraction of sp³-hybridized carbons (Fsp3) is 0.375. The van der Waals surface area contributed by atoms with E-state index in [0.717, 1.165) is 23.7 Å². The second-order valence-electron chi connectivity index (χ2n) is 5.41. The summed E-state index contributed by atoms with van der Waals surface area (Å²) in [5.41, 5.74) is 1.32. The second kappa shape index (κ2) is 5.49. The fourth-order valence-corrected chi connectivity index (χ4v) is 2.76. The summed E-state index contributed by atoms with van der Waals surface area (Å²) in [5.74, 6) is 0.110. The number of phenols is 1. The predicted molar refractivity (Wildman–Crippen MR) is 77.7 cm³/mol. The van der Waals surface area contributed by atoms with Crippen LogP contribution in [0.1, 0.15) is 42.5 Å². The SMILES string of the molecule is O=C(NC1CCCCC1)c1cnc2ccc(O)cc2c1. The van der Waals surface area contributed by atoms with Crippen LogP contribution in [-0.2, 0) is 0 Å². The highest BCUT2D eigenvalue weighted by Gasteiger charge is 2.17. The van der Waals surface area contributed by atoms with Crippen molar-refractivity contribution >= 4 is 16.8 Å². The maximum Gasteiger partial charge on any atom is 0.253 e. The molecule has 1 amide bonds. The Hall–Kier alpha value is -2.10. The monoisotopic (exact) mass is 270 g/mol. The van der Waals surface area contributed by atoms with Crippen molar-refractivity contribution in [3.63, 3.8) is 0 Å². The van der Waals surface area contributed by atoms with E-state index in [4.69, 9.17) is 0 Å². The van der Waals surface area contributed by atoms with Crippen molar-refractivity contribution in [1.29, 1.82) is 0 Å². The van der Waals surface area contributed by atoms with Gasteiger partial charge in [0.25, 0.3) is 5.91 Å². The summed E-state index contributed by atoms with van der Waals surface area (Å²) in [6.45, 7) is 0. The van der Waals surface area contributed by atoms with E-state index in [1.165, 1.54) is 19.3 Å². The Kier molecular flexibility index (Phi) is 3.54. The molecule has 1 heterocycles. The first-order valence-electron chi connectivity index (χ1n) is 7.12. The van der Waals surface area contributed by atoms with Gasteiger partial charge in [0.15, 0.2) is 0 Å². The fourth-order valence-electron chi connectivity index (χ4n) is 2.76. The van der Waals surface area contributed by atoms with E-state index in [-0.39, 0.29) is 17.7 Å². The normalized spacial score (nSPS) is 16.2. The molecule has 0 unspecified atom stereocenters. The van der Waals surface area contributed by atoms with Gasteiger partial charge in [-0.25, -0.2) is 0 Å². The molecule has 0 aliphatic heterocycles. The van der Waals surface area contributed by atoms with E-state index in [0.29, 0.717) is 5.56 Å². The van der Waals surface area contributed by atoms with Crippen LogP contribution in [0.15, 0.2) is 30.5 Å². The van der Waals surface area contributed by atoms with Gasteiger partial charge in [-0.3, -0.25) is 9.78 Å². The smallest absolute Gasteiger partial charge is 0.253 e. The van der Waals surface area contributed by atoms with E-state index in [9.17, 15) is 9.90 Å². The average molecular weight is 270 g/mol. The highest BCUT2D eigenvalue weighted by Crippen LogP contribution is 2.20. The van der Waals surface area contributed by atoms with Gasteiger partial charge in [-0.05, 0) is 37.1 Å². The molecule has 4 nitrogen and oxygen atoms in total. The number of amides is 1. The number of hydrogen-bond donors (Lipinski definition) is 2. The summed E-state index contributed by atoms with van der Waals surface area (Å²) in [6, 6.07) is 7.03. The van der Waals surface area contributed by atoms with Gasteiger partial charge in [0.2, 0.25) is 0 Å². The first-order valence-corrected chi connectivity index (χ1v) is 7.12. The molecule has 1 aliphatic rings. The molecule has 4 heteroatoms. The number of fused-ring (bicyclic) bond motifs is 1. The molecule has 0 bridgehead atoms. The Bertz CT molecular complexity index is 633. The van der Waals surface area contributed by atoms with Crippen LogP contribution in [0.3, 0.4) is 0 Å². The van der Waals surface area contributed by atoms with Crippen molar-refractivity contribution in [1.82, 2.24) is 10.3 Å². The molecule has 1 aromatic heterocycles. The molecule has 1 fully saturated rings. The van der Waals surface area contributed by atoms with Crippen molar-refractivity contribution in [3.8, 4) is 5.75 Å². The van der Waals surface area contributed by atoms with Gasteiger partial charge >= 0.3 is 0 Å². The van der Waals surface area contributed by atoms with Gasteiger partial charge in [0.1, 0.15) is 5.75 Å². The van der Waals surface area contributed by atoms with Crippen LogP contribution >= 0.6 is 0 Å². The van der Waals surface area contributed by atoms with E-state index in [1.807, 2.05) is 0 Å². The zero-order valence-electron chi connectivity index (χ0n) is 11.3. The molecule has 104 valence electrons. The minimum Gasteiger partial charge on any atom is -0.508 e. The molecule has 0 spiro atoms. The Balaban J connectivity index is 1.80. The number of carbonyl (C=O) groups is 1. The largest absolute Gasteiger partial charge is 0.508 e. The zero-order valence-corrected chi connectivity index (χ0v) is 11.3. The lowest BCUT2D eigenvalue weighted by Gasteiger charge is -2.22. The number of aromatic nitrogens is 1. The third-order valence-electron chi connectivity index (χ3n) is 3.87. The summed E-state index contributed by atoms with van der Waals surface area (Å²) in [7, 11) is 0. The number of rotatable bonds is 2. The maximum absolute atomic E-state index is 12.2. The van der Waals surface area contributed by atoms with Crippen LogP contribution in [0.4, 0.5) is 0 Å². The summed E-state index contributed by atoms with van der Waals surface area (Å²) in [4.78, 5) is 16.5. The van der Waals surface area contributed by atoms with Crippen LogP contribution in [0, 0.1) is 0 Å². The summed E-state index contributed by atoms with van der Waals surface area (Å²) in [5, 5.41) is 13.3. The van der Waals surface area contributed by atoms with E-state index in [2.05, 4.69) is 10.3 Å². The van der Waals surface area contributed by atoms with Gasteiger partial charge in [-0.15, -0.1) is 0 Å². The predicted octanol–water partition coefficient (Wildman–Crippen LogP) is 3.00. The Morgan fingerprint density at radius 3 is 2.80 bits per heavy atom. The van der Waals surface area contributed by atoms with Crippen molar-refractivity contribution < 1.29 is 9.90 Å². The van der Waals surface area contributed by atoms with E-state index < -0.39 is 0 Å². The molecular formula is C16H18N2O2. The first-order chi connectivity index (χ1) is 9.72. The van der Waals surface area contributed by atoms with Crippen LogP contribution in [-0.4, -0.2) is 22.0 Å². The van der Waals surface area contributed by atoms with Crippen molar-refractivity contribution in [3.05, 3.63) is 36.0 Å².